The minimum atomic E-state index is -0.517. The molecule has 0 aromatic carbocycles. The van der Waals surface area contributed by atoms with E-state index in [1.54, 1.807) is 20.8 Å². The number of cyclic esters (lactones) is 2. The fraction of sp³-hybridized carbons (Fsp3) is 0.867. The summed E-state index contributed by atoms with van der Waals surface area (Å²) in [6.45, 7) is 7.10. The van der Waals surface area contributed by atoms with Gasteiger partial charge in [-0.2, -0.15) is 0 Å². The molecule has 122 valence electrons. The summed E-state index contributed by atoms with van der Waals surface area (Å²) in [5.41, 5.74) is 0. The van der Waals surface area contributed by atoms with Crippen molar-refractivity contribution in [2.24, 2.45) is 11.8 Å². The lowest BCUT2D eigenvalue weighted by Crippen LogP contribution is -2.39. The largest absolute Gasteiger partial charge is 0.462 e. The molecule has 2 heterocycles. The van der Waals surface area contributed by atoms with Crippen molar-refractivity contribution in [2.75, 3.05) is 0 Å². The minimum absolute atomic E-state index is 0.0753. The molecule has 0 amide bonds. The summed E-state index contributed by atoms with van der Waals surface area (Å²) in [6, 6.07) is 0. The molecule has 6 nitrogen and oxygen atoms in total. The number of esters is 2. The van der Waals surface area contributed by atoms with Crippen LogP contribution >= 0.6 is 0 Å². The van der Waals surface area contributed by atoms with Gasteiger partial charge in [0.15, 0.2) is 0 Å². The number of hydrogen-bond acceptors (Lipinski definition) is 6. The molecule has 0 aromatic heterocycles. The Morgan fingerprint density at radius 2 is 1.43 bits per heavy atom. The lowest BCUT2D eigenvalue weighted by atomic mass is 9.95. The standard InChI is InChI=1S/C8H14O3.C7H12O3/c1-3-6-4-7(9)5(2)8(10)11-6;1-4-3-6(8)5(2)7(9)10-4/h5-7,9H,3-4H2,1-2H3;4-6,8H,3H2,1-2H3. The van der Waals surface area contributed by atoms with Crippen LogP contribution in [0.2, 0.25) is 0 Å². The summed E-state index contributed by atoms with van der Waals surface area (Å²) < 4.78 is 9.89. The lowest BCUT2D eigenvalue weighted by Gasteiger charge is -2.29. The molecule has 2 saturated heterocycles. The van der Waals surface area contributed by atoms with Crippen molar-refractivity contribution >= 4 is 11.9 Å². The fourth-order valence-electron chi connectivity index (χ4n) is 2.26. The van der Waals surface area contributed by atoms with E-state index in [9.17, 15) is 19.8 Å². The quantitative estimate of drug-likeness (QED) is 0.703. The molecule has 0 aromatic rings. The molecule has 6 atom stereocenters. The van der Waals surface area contributed by atoms with E-state index in [-0.39, 0.29) is 36.0 Å². The Bertz CT molecular complexity index is 369. The molecule has 2 rings (SSSR count). The van der Waals surface area contributed by atoms with Gasteiger partial charge < -0.3 is 19.7 Å². The van der Waals surface area contributed by atoms with Gasteiger partial charge in [0, 0.05) is 12.8 Å². The van der Waals surface area contributed by atoms with Gasteiger partial charge in [-0.3, -0.25) is 9.59 Å². The van der Waals surface area contributed by atoms with E-state index in [0.29, 0.717) is 12.8 Å². The summed E-state index contributed by atoms with van der Waals surface area (Å²) in [5.74, 6) is -1.25. The number of hydrogen-bond donors (Lipinski definition) is 2. The Morgan fingerprint density at radius 1 is 0.952 bits per heavy atom. The molecule has 0 aliphatic carbocycles. The number of carbonyl (C=O) groups excluding carboxylic acids is 2. The highest BCUT2D eigenvalue weighted by atomic mass is 16.6. The Balaban J connectivity index is 0.000000211. The Labute approximate surface area is 125 Å². The molecule has 2 aliphatic rings. The van der Waals surface area contributed by atoms with E-state index < -0.39 is 12.2 Å². The van der Waals surface area contributed by atoms with Crippen molar-refractivity contribution in [3.8, 4) is 0 Å². The normalized spacial score (nSPS) is 39.7. The zero-order valence-electron chi connectivity index (χ0n) is 13.1. The van der Waals surface area contributed by atoms with Gasteiger partial charge in [0.25, 0.3) is 0 Å². The van der Waals surface area contributed by atoms with Crippen molar-refractivity contribution in [2.45, 2.75) is 71.4 Å². The van der Waals surface area contributed by atoms with Crippen LogP contribution in [0.1, 0.15) is 47.0 Å². The van der Waals surface area contributed by atoms with Crippen molar-refractivity contribution in [1.82, 2.24) is 0 Å². The summed E-state index contributed by atoms with van der Waals surface area (Å²) in [4.78, 5) is 21.8. The predicted octanol–water partition coefficient (Wildman–Crippen LogP) is 1.03. The van der Waals surface area contributed by atoms with Crippen molar-refractivity contribution in [3.63, 3.8) is 0 Å². The van der Waals surface area contributed by atoms with E-state index in [0.717, 1.165) is 6.42 Å². The highest BCUT2D eigenvalue weighted by Crippen LogP contribution is 2.22. The van der Waals surface area contributed by atoms with E-state index in [2.05, 4.69) is 0 Å². The molecule has 0 saturated carbocycles. The van der Waals surface area contributed by atoms with Crippen molar-refractivity contribution < 1.29 is 29.3 Å². The molecule has 21 heavy (non-hydrogen) atoms. The molecule has 6 heteroatoms. The molecule has 0 bridgehead atoms. The topological polar surface area (TPSA) is 93.1 Å². The highest BCUT2D eigenvalue weighted by molar-refractivity contribution is 5.74. The zero-order chi connectivity index (χ0) is 16.2. The zero-order valence-corrected chi connectivity index (χ0v) is 13.1. The first-order chi connectivity index (χ1) is 9.76. The molecular formula is C15H26O6. The SMILES string of the molecule is CC1CC(O)C(C)C(=O)O1.CCC1CC(O)C(C)C(=O)O1. The van der Waals surface area contributed by atoms with Crippen LogP contribution < -0.4 is 0 Å². The van der Waals surface area contributed by atoms with Crippen molar-refractivity contribution in [1.29, 1.82) is 0 Å². The van der Waals surface area contributed by atoms with E-state index >= 15 is 0 Å². The Morgan fingerprint density at radius 3 is 1.86 bits per heavy atom. The molecule has 2 N–H and O–H groups in total. The average Bonchev–Trinajstić information content (AvgIpc) is 2.42. The number of ether oxygens (including phenoxy) is 2. The highest BCUT2D eigenvalue weighted by Gasteiger charge is 2.33. The van der Waals surface area contributed by atoms with Crippen LogP contribution in [0.15, 0.2) is 0 Å². The molecular weight excluding hydrogens is 276 g/mol. The maximum atomic E-state index is 11.0. The summed E-state index contributed by atoms with van der Waals surface area (Å²) >= 11 is 0. The monoisotopic (exact) mass is 302 g/mol. The number of aliphatic hydroxyl groups is 2. The third kappa shape index (κ3) is 4.97. The van der Waals surface area contributed by atoms with Gasteiger partial charge in [0.05, 0.1) is 24.0 Å². The average molecular weight is 302 g/mol. The lowest BCUT2D eigenvalue weighted by molar-refractivity contribution is -0.169. The fourth-order valence-corrected chi connectivity index (χ4v) is 2.26. The number of rotatable bonds is 1. The van der Waals surface area contributed by atoms with E-state index in [1.165, 1.54) is 0 Å². The smallest absolute Gasteiger partial charge is 0.311 e. The van der Waals surface area contributed by atoms with Gasteiger partial charge in [0.1, 0.15) is 12.2 Å². The molecule has 0 spiro atoms. The Kier molecular flexibility index (Phi) is 6.61. The molecule has 6 unspecified atom stereocenters. The van der Waals surface area contributed by atoms with Crippen LogP contribution in [0.5, 0.6) is 0 Å². The molecule has 0 radical (unpaired) electrons. The van der Waals surface area contributed by atoms with Gasteiger partial charge >= 0.3 is 11.9 Å². The number of aliphatic hydroxyl groups excluding tert-OH is 2. The van der Waals surface area contributed by atoms with E-state index in [4.69, 9.17) is 9.47 Å². The second-order valence-electron chi connectivity index (χ2n) is 5.90. The van der Waals surface area contributed by atoms with Crippen LogP contribution in [-0.4, -0.2) is 46.6 Å². The van der Waals surface area contributed by atoms with Gasteiger partial charge in [-0.1, -0.05) is 6.92 Å². The van der Waals surface area contributed by atoms with Crippen LogP contribution in [0.3, 0.4) is 0 Å². The van der Waals surface area contributed by atoms with Crippen LogP contribution in [0.25, 0.3) is 0 Å². The van der Waals surface area contributed by atoms with E-state index in [1.807, 2.05) is 6.92 Å². The van der Waals surface area contributed by atoms with Crippen LogP contribution in [0.4, 0.5) is 0 Å². The minimum Gasteiger partial charge on any atom is -0.462 e. The van der Waals surface area contributed by atoms with Gasteiger partial charge in [-0.15, -0.1) is 0 Å². The summed E-state index contributed by atoms with van der Waals surface area (Å²) in [7, 11) is 0. The third-order valence-corrected chi connectivity index (χ3v) is 4.03. The summed E-state index contributed by atoms with van der Waals surface area (Å²) in [6.07, 6.45) is 0.705. The van der Waals surface area contributed by atoms with Gasteiger partial charge in [-0.05, 0) is 27.2 Å². The number of carbonyl (C=O) groups is 2. The second kappa shape index (κ2) is 7.75. The van der Waals surface area contributed by atoms with Gasteiger partial charge in [-0.25, -0.2) is 0 Å². The first-order valence-electron chi connectivity index (χ1n) is 7.53. The maximum Gasteiger partial charge on any atom is 0.311 e. The predicted molar refractivity (Wildman–Crippen MR) is 75.3 cm³/mol. The second-order valence-corrected chi connectivity index (χ2v) is 5.90. The van der Waals surface area contributed by atoms with Gasteiger partial charge in [0.2, 0.25) is 0 Å². The molecule has 2 aliphatic heterocycles. The van der Waals surface area contributed by atoms with Crippen LogP contribution in [-0.2, 0) is 19.1 Å². The first kappa shape index (κ1) is 17.9. The van der Waals surface area contributed by atoms with Crippen LogP contribution in [0, 0.1) is 11.8 Å². The third-order valence-electron chi connectivity index (χ3n) is 4.03. The maximum absolute atomic E-state index is 11.0. The Hall–Kier alpha value is -1.14. The van der Waals surface area contributed by atoms with Crippen molar-refractivity contribution in [3.05, 3.63) is 0 Å². The molecule has 2 fully saturated rings. The first-order valence-corrected chi connectivity index (χ1v) is 7.53. The summed E-state index contributed by atoms with van der Waals surface area (Å²) in [5, 5.41) is 18.6.